The average molecular weight is 431 g/mol. The Hall–Kier alpha value is -2.87. The molecule has 6 nitrogen and oxygen atoms in total. The van der Waals surface area contributed by atoms with E-state index in [1.807, 2.05) is 25.3 Å². The maximum Gasteiger partial charge on any atom is 0.191 e. The quantitative estimate of drug-likeness (QED) is 0.379. The first kappa shape index (κ1) is 21.8. The fourth-order valence-electron chi connectivity index (χ4n) is 3.22. The van der Waals surface area contributed by atoms with Crippen LogP contribution in [0.1, 0.15) is 18.1 Å². The van der Waals surface area contributed by atoms with Gasteiger partial charge in [0.1, 0.15) is 5.82 Å². The molecular formula is C22H27FN4O2S. The monoisotopic (exact) mass is 430 g/mol. The molecule has 3 aromatic rings. The standard InChI is InChI=1S/C22H27FN4O2S/c1-3-24-22(25-12-10-16-4-7-19(8-5-16)30(2,28)29)26-13-11-17-15-27-21-9-6-18(23)14-20(17)21/h4-9,14-15,27H,3,10-13H2,1-2H3,(H2,24,25,26). The summed E-state index contributed by atoms with van der Waals surface area (Å²) in [5.74, 6) is 0.475. The lowest BCUT2D eigenvalue weighted by atomic mass is 10.1. The number of halogens is 1. The maximum absolute atomic E-state index is 13.5. The van der Waals surface area contributed by atoms with Crippen molar-refractivity contribution in [3.8, 4) is 0 Å². The van der Waals surface area contributed by atoms with Crippen LogP contribution in [0.5, 0.6) is 0 Å². The number of guanidine groups is 1. The summed E-state index contributed by atoms with van der Waals surface area (Å²) in [5.41, 5.74) is 3.00. The molecule has 0 aliphatic heterocycles. The molecule has 1 heterocycles. The predicted octanol–water partition coefficient (Wildman–Crippen LogP) is 3.05. The molecule has 0 fully saturated rings. The number of sulfone groups is 1. The predicted molar refractivity (Wildman–Crippen MR) is 119 cm³/mol. The number of benzene rings is 2. The number of fused-ring (bicyclic) bond motifs is 1. The zero-order chi connectivity index (χ0) is 21.6. The summed E-state index contributed by atoms with van der Waals surface area (Å²) in [6.07, 6.45) is 4.55. The summed E-state index contributed by atoms with van der Waals surface area (Å²) in [6.45, 7) is 3.99. The molecule has 0 unspecified atom stereocenters. The van der Waals surface area contributed by atoms with E-state index in [0.717, 1.165) is 41.0 Å². The highest BCUT2D eigenvalue weighted by Gasteiger charge is 2.07. The normalized spacial score (nSPS) is 12.3. The fourth-order valence-corrected chi connectivity index (χ4v) is 3.85. The van der Waals surface area contributed by atoms with Gasteiger partial charge in [-0.25, -0.2) is 12.8 Å². The van der Waals surface area contributed by atoms with E-state index in [1.54, 1.807) is 24.3 Å². The molecule has 1 aromatic heterocycles. The van der Waals surface area contributed by atoms with Crippen molar-refractivity contribution in [1.29, 1.82) is 0 Å². The number of hydrogen-bond acceptors (Lipinski definition) is 3. The van der Waals surface area contributed by atoms with E-state index in [2.05, 4.69) is 20.6 Å². The van der Waals surface area contributed by atoms with Gasteiger partial charge >= 0.3 is 0 Å². The summed E-state index contributed by atoms with van der Waals surface area (Å²) >= 11 is 0. The second-order valence-electron chi connectivity index (χ2n) is 7.11. The number of rotatable bonds is 8. The van der Waals surface area contributed by atoms with Crippen molar-refractivity contribution < 1.29 is 12.8 Å². The molecule has 0 aliphatic carbocycles. The number of aliphatic imine (C=N–C) groups is 1. The lowest BCUT2D eigenvalue weighted by molar-refractivity contribution is 0.602. The minimum Gasteiger partial charge on any atom is -0.361 e. The zero-order valence-electron chi connectivity index (χ0n) is 17.2. The average Bonchev–Trinajstić information content (AvgIpc) is 3.10. The largest absolute Gasteiger partial charge is 0.361 e. The molecule has 0 atom stereocenters. The minimum absolute atomic E-state index is 0.244. The van der Waals surface area contributed by atoms with Crippen LogP contribution in [0.25, 0.3) is 10.9 Å². The number of aromatic amines is 1. The Balaban J connectivity index is 1.54. The molecule has 0 aliphatic rings. The molecule has 160 valence electrons. The summed E-state index contributed by atoms with van der Waals surface area (Å²) in [4.78, 5) is 8.09. The Morgan fingerprint density at radius 1 is 1.10 bits per heavy atom. The molecule has 0 saturated carbocycles. The first-order chi connectivity index (χ1) is 14.4. The molecule has 8 heteroatoms. The van der Waals surface area contributed by atoms with Crippen LogP contribution >= 0.6 is 0 Å². The van der Waals surface area contributed by atoms with Crippen LogP contribution in [-0.2, 0) is 22.7 Å². The number of H-pyrrole nitrogens is 1. The summed E-state index contributed by atoms with van der Waals surface area (Å²) < 4.78 is 36.6. The van der Waals surface area contributed by atoms with Crippen LogP contribution in [0, 0.1) is 5.82 Å². The number of nitrogens with one attached hydrogen (secondary N) is 3. The Labute approximate surface area is 176 Å². The van der Waals surface area contributed by atoms with Crippen LogP contribution in [0.4, 0.5) is 4.39 Å². The van der Waals surface area contributed by atoms with Gasteiger partial charge in [-0.15, -0.1) is 0 Å². The first-order valence-corrected chi connectivity index (χ1v) is 11.8. The van der Waals surface area contributed by atoms with Gasteiger partial charge in [0.15, 0.2) is 15.8 Å². The van der Waals surface area contributed by atoms with Crippen molar-refractivity contribution in [2.75, 3.05) is 25.9 Å². The van der Waals surface area contributed by atoms with Gasteiger partial charge in [-0.2, -0.15) is 0 Å². The van der Waals surface area contributed by atoms with Gasteiger partial charge in [0.05, 0.1) is 4.90 Å². The van der Waals surface area contributed by atoms with Crippen LogP contribution in [0.3, 0.4) is 0 Å². The Kier molecular flexibility index (Phi) is 7.10. The van der Waals surface area contributed by atoms with E-state index in [1.165, 1.54) is 12.3 Å². The van der Waals surface area contributed by atoms with Gasteiger partial charge in [-0.05, 0) is 61.2 Å². The zero-order valence-corrected chi connectivity index (χ0v) is 18.0. The highest BCUT2D eigenvalue weighted by atomic mass is 32.2. The third-order valence-corrected chi connectivity index (χ3v) is 5.91. The van der Waals surface area contributed by atoms with Gasteiger partial charge in [0.25, 0.3) is 0 Å². The van der Waals surface area contributed by atoms with E-state index in [9.17, 15) is 12.8 Å². The topological polar surface area (TPSA) is 86.3 Å². The van der Waals surface area contributed by atoms with Crippen LogP contribution in [0.2, 0.25) is 0 Å². The maximum atomic E-state index is 13.5. The van der Waals surface area contributed by atoms with Crippen molar-refractivity contribution in [3.05, 3.63) is 65.6 Å². The fraction of sp³-hybridized carbons (Fsp3) is 0.318. The molecule has 2 aromatic carbocycles. The van der Waals surface area contributed by atoms with Crippen molar-refractivity contribution >= 4 is 26.7 Å². The van der Waals surface area contributed by atoms with E-state index < -0.39 is 9.84 Å². The molecule has 3 rings (SSSR count). The van der Waals surface area contributed by atoms with Gasteiger partial charge in [-0.1, -0.05) is 12.1 Å². The molecule has 0 saturated heterocycles. The van der Waals surface area contributed by atoms with E-state index in [-0.39, 0.29) is 5.82 Å². The van der Waals surface area contributed by atoms with E-state index >= 15 is 0 Å². The molecule has 0 bridgehead atoms. The van der Waals surface area contributed by atoms with Gasteiger partial charge in [0.2, 0.25) is 0 Å². The highest BCUT2D eigenvalue weighted by molar-refractivity contribution is 7.90. The smallest absolute Gasteiger partial charge is 0.191 e. The number of hydrogen-bond donors (Lipinski definition) is 3. The second kappa shape index (κ2) is 9.75. The van der Waals surface area contributed by atoms with Gasteiger partial charge in [0, 0.05) is 43.0 Å². The Morgan fingerprint density at radius 3 is 2.57 bits per heavy atom. The second-order valence-corrected chi connectivity index (χ2v) is 9.12. The SMILES string of the molecule is CCNC(=NCCc1c[nH]c2ccc(F)cc12)NCCc1ccc(S(C)(=O)=O)cc1. The van der Waals surface area contributed by atoms with Crippen molar-refractivity contribution in [3.63, 3.8) is 0 Å². The lowest BCUT2D eigenvalue weighted by Gasteiger charge is -2.11. The summed E-state index contributed by atoms with van der Waals surface area (Å²) in [5, 5.41) is 7.40. The number of nitrogens with zero attached hydrogens (tertiary/aromatic N) is 1. The molecule has 30 heavy (non-hydrogen) atoms. The summed E-state index contributed by atoms with van der Waals surface area (Å²) in [6, 6.07) is 11.7. The third kappa shape index (κ3) is 5.82. The molecule has 0 spiro atoms. The number of aromatic nitrogens is 1. The van der Waals surface area contributed by atoms with Crippen LogP contribution in [0.15, 0.2) is 58.5 Å². The van der Waals surface area contributed by atoms with Crippen LogP contribution in [-0.4, -0.2) is 45.3 Å². The lowest BCUT2D eigenvalue weighted by Crippen LogP contribution is -2.38. The molecule has 0 amide bonds. The van der Waals surface area contributed by atoms with E-state index in [0.29, 0.717) is 24.4 Å². The molecule has 3 N–H and O–H groups in total. The highest BCUT2D eigenvalue weighted by Crippen LogP contribution is 2.19. The third-order valence-electron chi connectivity index (χ3n) is 4.78. The molecule has 0 radical (unpaired) electrons. The van der Waals surface area contributed by atoms with Gasteiger partial charge in [-0.3, -0.25) is 4.99 Å². The van der Waals surface area contributed by atoms with E-state index in [4.69, 9.17) is 0 Å². The Morgan fingerprint density at radius 2 is 1.87 bits per heavy atom. The van der Waals surface area contributed by atoms with Gasteiger partial charge < -0.3 is 15.6 Å². The summed E-state index contributed by atoms with van der Waals surface area (Å²) in [7, 11) is -3.17. The first-order valence-electron chi connectivity index (χ1n) is 9.93. The van der Waals surface area contributed by atoms with Crippen LogP contribution < -0.4 is 10.6 Å². The molecular weight excluding hydrogens is 403 g/mol. The van der Waals surface area contributed by atoms with Crippen molar-refractivity contribution in [2.24, 2.45) is 4.99 Å². The minimum atomic E-state index is -3.17. The van der Waals surface area contributed by atoms with Crippen molar-refractivity contribution in [1.82, 2.24) is 15.6 Å². The van der Waals surface area contributed by atoms with Crippen molar-refractivity contribution in [2.45, 2.75) is 24.7 Å². The Bertz CT molecular complexity index is 1120.